The molecule has 0 aliphatic heterocycles. The average molecular weight is 124 g/mol. The maximum Gasteiger partial charge on any atom is 0.349 e. The van der Waals surface area contributed by atoms with Gasteiger partial charge in [-0.2, -0.15) is 8.78 Å². The highest BCUT2D eigenvalue weighted by molar-refractivity contribution is 4.78. The molecule has 0 aromatic heterocycles. The molecule has 2 nitrogen and oxygen atoms in total. The van der Waals surface area contributed by atoms with Crippen LogP contribution in [0, 0.1) is 0 Å². The van der Waals surface area contributed by atoms with Gasteiger partial charge in [0, 0.05) is 0 Å². The molecule has 0 aliphatic rings. The van der Waals surface area contributed by atoms with Gasteiger partial charge < -0.3 is 9.84 Å². The molecule has 0 rings (SSSR count). The highest BCUT2D eigenvalue weighted by Crippen LogP contribution is 2.04. The fraction of sp³-hybridized carbons (Fsp3) is 0.500. The Hall–Kier alpha value is -0.800. The molecular formula is C4H6F2O2. The maximum atomic E-state index is 11.1. The molecule has 0 aromatic carbocycles. The Morgan fingerprint density at radius 1 is 1.62 bits per heavy atom. The summed E-state index contributed by atoms with van der Waals surface area (Å²) in [6, 6.07) is 0. The zero-order chi connectivity index (χ0) is 6.57. The van der Waals surface area contributed by atoms with Crippen molar-refractivity contribution in [2.45, 2.75) is 6.92 Å². The Balaban J connectivity index is 3.62. The minimum Gasteiger partial charge on any atom is -0.477 e. The molecule has 0 atom stereocenters. The van der Waals surface area contributed by atoms with Crippen LogP contribution in [0.5, 0.6) is 0 Å². The van der Waals surface area contributed by atoms with Crippen molar-refractivity contribution in [3.63, 3.8) is 0 Å². The third-order valence-corrected chi connectivity index (χ3v) is 0.443. The van der Waals surface area contributed by atoms with E-state index >= 15 is 0 Å². The van der Waals surface area contributed by atoms with Crippen LogP contribution in [0.1, 0.15) is 6.92 Å². The molecule has 4 heteroatoms. The van der Waals surface area contributed by atoms with Gasteiger partial charge in [-0.3, -0.25) is 0 Å². The first-order chi connectivity index (χ1) is 3.68. The van der Waals surface area contributed by atoms with Gasteiger partial charge >= 0.3 is 12.0 Å². The second-order valence-corrected chi connectivity index (χ2v) is 0.999. The smallest absolute Gasteiger partial charge is 0.349 e. The van der Waals surface area contributed by atoms with Gasteiger partial charge in [0.2, 0.25) is 0 Å². The van der Waals surface area contributed by atoms with Crippen molar-refractivity contribution in [3.8, 4) is 0 Å². The van der Waals surface area contributed by atoms with Gasteiger partial charge in [0.1, 0.15) is 0 Å². The van der Waals surface area contributed by atoms with Gasteiger partial charge in [0.25, 0.3) is 0 Å². The summed E-state index contributed by atoms with van der Waals surface area (Å²) in [6.45, 7) is 1.54. The van der Waals surface area contributed by atoms with E-state index in [1.54, 1.807) is 0 Å². The first-order valence-corrected chi connectivity index (χ1v) is 2.05. The molecule has 0 bridgehead atoms. The molecule has 0 spiro atoms. The Labute approximate surface area is 45.4 Å². The number of ether oxygens (including phenoxy) is 1. The number of rotatable bonds is 2. The van der Waals surface area contributed by atoms with E-state index in [0.29, 0.717) is 0 Å². The van der Waals surface area contributed by atoms with Crippen molar-refractivity contribution in [2.75, 3.05) is 6.61 Å². The first-order valence-electron chi connectivity index (χ1n) is 2.05. The van der Waals surface area contributed by atoms with Gasteiger partial charge in [-0.1, -0.05) is 0 Å². The molecule has 0 amide bonds. The summed E-state index contributed by atoms with van der Waals surface area (Å²) in [5, 5.41) is 8.03. The van der Waals surface area contributed by atoms with Gasteiger partial charge in [-0.25, -0.2) is 0 Å². The summed E-state index contributed by atoms with van der Waals surface area (Å²) in [6.07, 6.45) is -2.19. The lowest BCUT2D eigenvalue weighted by molar-refractivity contribution is 0.0773. The van der Waals surface area contributed by atoms with E-state index in [9.17, 15) is 8.78 Å². The Morgan fingerprint density at radius 3 is 2.25 bits per heavy atom. The highest BCUT2D eigenvalue weighted by Gasteiger charge is 2.01. The number of hydrogen-bond donors (Lipinski definition) is 1. The molecule has 0 aliphatic carbocycles. The topological polar surface area (TPSA) is 29.5 Å². The third-order valence-electron chi connectivity index (χ3n) is 0.443. The van der Waals surface area contributed by atoms with E-state index in [-0.39, 0.29) is 6.61 Å². The van der Waals surface area contributed by atoms with Gasteiger partial charge in [-0.05, 0) is 6.92 Å². The molecule has 1 N–H and O–H groups in total. The lowest BCUT2D eigenvalue weighted by Crippen LogP contribution is -1.89. The van der Waals surface area contributed by atoms with E-state index < -0.39 is 12.0 Å². The van der Waals surface area contributed by atoms with E-state index in [2.05, 4.69) is 4.74 Å². The molecule has 0 heterocycles. The van der Waals surface area contributed by atoms with Crippen LogP contribution in [0.25, 0.3) is 0 Å². The molecular weight excluding hydrogens is 118 g/mol. The van der Waals surface area contributed by atoms with E-state index in [0.717, 1.165) is 0 Å². The van der Waals surface area contributed by atoms with Crippen molar-refractivity contribution in [1.82, 2.24) is 0 Å². The lowest BCUT2D eigenvalue weighted by atomic mass is 10.8. The van der Waals surface area contributed by atoms with Crippen molar-refractivity contribution < 1.29 is 18.6 Å². The zero-order valence-electron chi connectivity index (χ0n) is 4.32. The molecule has 0 saturated heterocycles. The standard InChI is InChI=1S/C4H6F2O2/c1-2-8-4(7)3(5)6/h7H,2H2,1H3. The monoisotopic (exact) mass is 124 g/mol. The van der Waals surface area contributed by atoms with Crippen LogP contribution in [0.15, 0.2) is 12.0 Å². The highest BCUT2D eigenvalue weighted by atomic mass is 19.3. The van der Waals surface area contributed by atoms with Crippen molar-refractivity contribution in [2.24, 2.45) is 0 Å². The van der Waals surface area contributed by atoms with E-state index in [4.69, 9.17) is 5.11 Å². The average Bonchev–Trinajstić information content (AvgIpc) is 1.67. The first kappa shape index (κ1) is 7.20. The lowest BCUT2D eigenvalue weighted by Gasteiger charge is -1.95. The molecule has 8 heavy (non-hydrogen) atoms. The molecule has 0 aromatic rings. The predicted molar refractivity (Wildman–Crippen MR) is 23.5 cm³/mol. The largest absolute Gasteiger partial charge is 0.477 e. The number of halogens is 2. The van der Waals surface area contributed by atoms with Gasteiger partial charge in [0.05, 0.1) is 6.61 Å². The van der Waals surface area contributed by atoms with Crippen molar-refractivity contribution in [1.29, 1.82) is 0 Å². The Kier molecular flexibility index (Phi) is 2.91. The quantitative estimate of drug-likeness (QED) is 0.567. The van der Waals surface area contributed by atoms with Crippen molar-refractivity contribution >= 4 is 0 Å². The number of hydrogen-bond acceptors (Lipinski definition) is 2. The summed E-state index contributed by atoms with van der Waals surface area (Å²) in [5.41, 5.74) is 0. The van der Waals surface area contributed by atoms with Crippen LogP contribution >= 0.6 is 0 Å². The molecule has 0 unspecified atom stereocenters. The minimum atomic E-state index is -2.19. The summed E-state index contributed by atoms with van der Waals surface area (Å²) >= 11 is 0. The van der Waals surface area contributed by atoms with E-state index in [1.807, 2.05) is 0 Å². The van der Waals surface area contributed by atoms with E-state index in [1.165, 1.54) is 6.92 Å². The van der Waals surface area contributed by atoms with Crippen LogP contribution in [0.3, 0.4) is 0 Å². The maximum absolute atomic E-state index is 11.1. The minimum absolute atomic E-state index is 0.0448. The normalized spacial score (nSPS) is 8.38. The Morgan fingerprint density at radius 2 is 2.12 bits per heavy atom. The molecule has 48 valence electrons. The SMILES string of the molecule is CCOC(O)=C(F)F. The van der Waals surface area contributed by atoms with Crippen LogP contribution in [-0.4, -0.2) is 11.7 Å². The molecule has 0 saturated carbocycles. The number of aliphatic hydroxyl groups excluding tert-OH is 1. The zero-order valence-corrected chi connectivity index (χ0v) is 4.32. The number of aliphatic hydroxyl groups is 1. The van der Waals surface area contributed by atoms with Crippen LogP contribution in [0.4, 0.5) is 8.78 Å². The van der Waals surface area contributed by atoms with Crippen molar-refractivity contribution in [3.05, 3.63) is 12.0 Å². The summed E-state index contributed by atoms with van der Waals surface area (Å²) in [4.78, 5) is 0. The Bertz CT molecular complexity index is 96.2. The molecule has 0 fully saturated rings. The predicted octanol–water partition coefficient (Wildman–Crippen LogP) is 1.65. The fourth-order valence-electron chi connectivity index (χ4n) is 0.191. The summed E-state index contributed by atoms with van der Waals surface area (Å²) in [7, 11) is 0. The fourth-order valence-corrected chi connectivity index (χ4v) is 0.191. The van der Waals surface area contributed by atoms with Gasteiger partial charge in [0.15, 0.2) is 0 Å². The molecule has 0 radical (unpaired) electrons. The van der Waals surface area contributed by atoms with Crippen LogP contribution in [0.2, 0.25) is 0 Å². The summed E-state index contributed by atoms with van der Waals surface area (Å²) < 4.78 is 26.2. The van der Waals surface area contributed by atoms with Crippen LogP contribution in [-0.2, 0) is 4.74 Å². The van der Waals surface area contributed by atoms with Crippen LogP contribution < -0.4 is 0 Å². The second-order valence-electron chi connectivity index (χ2n) is 0.999. The second kappa shape index (κ2) is 3.23. The van der Waals surface area contributed by atoms with Gasteiger partial charge in [-0.15, -0.1) is 0 Å². The third kappa shape index (κ3) is 2.39. The summed E-state index contributed by atoms with van der Waals surface area (Å²) in [5.74, 6) is -1.28.